The van der Waals surface area contributed by atoms with Crippen LogP contribution in [0.5, 0.6) is 0 Å². The van der Waals surface area contributed by atoms with E-state index in [0.29, 0.717) is 11.3 Å². The Morgan fingerprint density at radius 1 is 0.174 bits per heavy atom. The van der Waals surface area contributed by atoms with Gasteiger partial charge in [-0.3, -0.25) is 0 Å². The number of para-hydroxylation sites is 4. The minimum absolute atomic E-state index is 0. The Labute approximate surface area is 841 Å². The first kappa shape index (κ1) is 90.6. The second-order valence-electron chi connectivity index (χ2n) is 35.1. The third-order valence-corrected chi connectivity index (χ3v) is 26.7. The molecular formula is C140H92N4. The first-order valence-corrected chi connectivity index (χ1v) is 47.6. The van der Waals surface area contributed by atoms with Gasteiger partial charge in [0, 0.05) is 78.6 Å². The molecule has 0 aromatic heterocycles. The Morgan fingerprint density at radius 2 is 0.361 bits per heavy atom. The van der Waals surface area contributed by atoms with Crippen LogP contribution < -0.4 is 9.80 Å². The predicted molar refractivity (Wildman–Crippen MR) is 607 cm³/mol. The molecule has 0 radical (unpaired) electrons. The van der Waals surface area contributed by atoms with Gasteiger partial charge in [0.1, 0.15) is 0 Å². The lowest BCUT2D eigenvalue weighted by Gasteiger charge is -2.25. The van der Waals surface area contributed by atoms with Gasteiger partial charge >= 0.3 is 0 Å². The Morgan fingerprint density at radius 3 is 0.590 bits per heavy atom. The molecule has 0 N–H and O–H groups in total. The lowest BCUT2D eigenvalue weighted by atomic mass is 9.82. The predicted octanol–water partition coefficient (Wildman–Crippen LogP) is 36.7. The van der Waals surface area contributed by atoms with Crippen molar-refractivity contribution in [1.82, 2.24) is 0 Å². The molecule has 0 fully saturated rings. The molecule has 0 atom stereocenters. The van der Waals surface area contributed by atoms with Gasteiger partial charge in [0.25, 0.3) is 0 Å². The van der Waals surface area contributed by atoms with E-state index in [0.717, 1.165) is 210 Å². The molecule has 144 heavy (non-hydrogen) atoms. The fourth-order valence-corrected chi connectivity index (χ4v) is 20.0. The molecule has 24 aromatic carbocycles. The van der Waals surface area contributed by atoms with E-state index < -0.39 is 0 Å². The van der Waals surface area contributed by atoms with Crippen molar-refractivity contribution in [1.29, 1.82) is 5.26 Å². The van der Waals surface area contributed by atoms with Gasteiger partial charge < -0.3 is 9.80 Å². The van der Waals surface area contributed by atoms with Crippen LogP contribution in [-0.2, 0) is 0 Å². The average molecular weight is 1830 g/mol. The van der Waals surface area contributed by atoms with Gasteiger partial charge in [-0.1, -0.05) is 426 Å². The highest BCUT2D eigenvalue weighted by Gasteiger charge is 2.26. The first-order valence-electron chi connectivity index (χ1n) is 47.6. The van der Waals surface area contributed by atoms with Crippen molar-refractivity contribution in [3.8, 4) is 142 Å². The molecule has 24 aromatic rings. The summed E-state index contributed by atoms with van der Waals surface area (Å²) in [6, 6.07) is 181. The maximum absolute atomic E-state index is 9.43. The van der Waals surface area contributed by atoms with Gasteiger partial charge in [-0.25, -0.2) is 4.85 Å². The van der Waals surface area contributed by atoms with Gasteiger partial charge in [-0.15, -0.1) is 0 Å². The summed E-state index contributed by atoms with van der Waals surface area (Å²) < 4.78 is 0. The third-order valence-electron chi connectivity index (χ3n) is 26.7. The Kier molecular flexibility index (Phi) is 25.7. The van der Waals surface area contributed by atoms with Crippen molar-refractivity contribution in [2.45, 2.75) is 14.9 Å². The summed E-state index contributed by atoms with van der Waals surface area (Å²) in [4.78, 5) is 8.13. The van der Waals surface area contributed by atoms with Gasteiger partial charge in [-0.2, -0.15) is 5.26 Å². The molecule has 0 aliphatic carbocycles. The molecule has 0 bridgehead atoms. The minimum Gasteiger partial charge on any atom is -0.311 e. The van der Waals surface area contributed by atoms with Crippen LogP contribution in [0.1, 0.15) is 64.9 Å². The SMILES string of the molecule is C.C.C(#Cc1cc(-c2ccccc2-c2ccccc2)c2ccc3c(-c4ccccc4-c4ccccc4)cc(C#Cc4ccc(N(c5ccccc5)c5ccccc5)cc4)c4ccc1c2c43)c1ccc(N(c2ccccc2)c2ccccc2)cc1.[C-]#[N+]c1ccc(C#Cc2cc(-c3ccccc3-c3ccccc3)c3ccc4c(-c5ccccc5-c5ccccc5)cc(C#Cc5ccc(C#N)cc5)c5ccc2c3c54)cc1. The molecule has 0 saturated heterocycles. The first-order chi connectivity index (χ1) is 70.4. The Balaban J connectivity index is 0.000000175. The average Bonchev–Trinajstić information content (AvgIpc) is 0.711. The second kappa shape index (κ2) is 40.8. The number of hydrogen-bond acceptors (Lipinski definition) is 3. The van der Waals surface area contributed by atoms with E-state index in [-0.39, 0.29) is 14.9 Å². The van der Waals surface area contributed by atoms with Crippen LogP contribution in [-0.4, -0.2) is 0 Å². The maximum atomic E-state index is 9.43. The second-order valence-corrected chi connectivity index (χ2v) is 35.1. The smallest absolute Gasteiger partial charge is 0.187 e. The fraction of sp³-hybridized carbons (Fsp3) is 0.0143. The lowest BCUT2D eigenvalue weighted by Crippen LogP contribution is -2.09. The van der Waals surface area contributed by atoms with Crippen LogP contribution in [0.2, 0.25) is 0 Å². The number of benzene rings is 24. The molecule has 672 valence electrons. The largest absolute Gasteiger partial charge is 0.311 e. The van der Waals surface area contributed by atoms with E-state index >= 15 is 0 Å². The zero-order valence-corrected chi connectivity index (χ0v) is 77.3. The van der Waals surface area contributed by atoms with Crippen molar-refractivity contribution in [2.24, 2.45) is 0 Å². The number of hydrogen-bond donors (Lipinski definition) is 0. The topological polar surface area (TPSA) is 34.6 Å². The highest BCUT2D eigenvalue weighted by Crippen LogP contribution is 2.52. The van der Waals surface area contributed by atoms with Crippen molar-refractivity contribution in [2.75, 3.05) is 9.80 Å². The van der Waals surface area contributed by atoms with E-state index in [4.69, 9.17) is 6.57 Å². The summed E-state index contributed by atoms with van der Waals surface area (Å²) in [7, 11) is 0. The summed E-state index contributed by atoms with van der Waals surface area (Å²) in [5, 5.41) is 23.0. The van der Waals surface area contributed by atoms with E-state index in [1.165, 1.54) is 21.9 Å². The highest BCUT2D eigenvalue weighted by molar-refractivity contribution is 6.32. The van der Waals surface area contributed by atoms with Gasteiger partial charge in [0.05, 0.1) is 18.2 Å². The highest BCUT2D eigenvalue weighted by atomic mass is 15.1. The Bertz CT molecular complexity index is 8610. The normalized spacial score (nSPS) is 10.7. The summed E-state index contributed by atoms with van der Waals surface area (Å²) in [5.41, 5.74) is 33.2. The number of nitriles is 1. The van der Waals surface area contributed by atoms with Crippen LogP contribution >= 0.6 is 0 Å². The standard InChI is InChI=1S/C80H52N2.C58H32N2.2CH4/c1-7-23-59(24-8-1)69-35-19-21-37-73(69)77-55-61(45-39-57-41-47-67(48-42-57)81(63-27-11-3-12-28-63)64-29-13-4-14-30-64)71-51-52-72-62(46-40-58-43-49-68(50-44-58)82(65-31-15-5-16-32-65)66-33-17-6-18-34-66)56-78(76-54-53-75(77)79(71)80(72)76)74-38-22-20-36-70(74)60-25-9-2-10-26-60;1-60-46-30-26-40(27-31-46)25-29-45-37-56(52-19-11-9-17-48(52)43-14-6-3-7-15-43)54-35-34-53-55(51-18-10-8-16-47(51)42-12-4-2-5-13-42)36-44(49-32-33-50(45)58(54)57(49)53)28-24-39-20-22-41(38-59)23-21-39;;/h1-38,41-44,47-56H;2-23,26-27,30-37H;2*1H4. The number of nitrogens with zero attached hydrogens (tertiary/aromatic N) is 4. The fourth-order valence-electron chi connectivity index (χ4n) is 20.0. The van der Waals surface area contributed by atoms with E-state index in [9.17, 15) is 5.26 Å². The third kappa shape index (κ3) is 17.9. The van der Waals surface area contributed by atoms with Crippen LogP contribution in [0.15, 0.2) is 510 Å². The van der Waals surface area contributed by atoms with Crippen molar-refractivity contribution >= 4 is 104 Å². The van der Waals surface area contributed by atoms with Crippen LogP contribution in [0.3, 0.4) is 0 Å². The lowest BCUT2D eigenvalue weighted by molar-refractivity contribution is 1.28. The zero-order chi connectivity index (χ0) is 95.0. The molecule has 4 heteroatoms. The van der Waals surface area contributed by atoms with E-state index in [1.807, 2.05) is 48.5 Å². The molecule has 0 heterocycles. The van der Waals surface area contributed by atoms with Gasteiger partial charge in [-0.05, 0) is 299 Å². The molecule has 0 aliphatic rings. The van der Waals surface area contributed by atoms with E-state index in [1.54, 1.807) is 0 Å². The summed E-state index contributed by atoms with van der Waals surface area (Å²) >= 11 is 0. The van der Waals surface area contributed by atoms with Crippen molar-refractivity contribution < 1.29 is 0 Å². The summed E-state index contributed by atoms with van der Waals surface area (Å²) in [5.74, 6) is 28.9. The van der Waals surface area contributed by atoms with Crippen LogP contribution in [0, 0.1) is 65.3 Å². The summed E-state index contributed by atoms with van der Waals surface area (Å²) in [6.07, 6.45) is 0. The maximum Gasteiger partial charge on any atom is 0.187 e. The van der Waals surface area contributed by atoms with Crippen LogP contribution in [0.25, 0.3) is 158 Å². The molecule has 0 saturated carbocycles. The molecular weight excluding hydrogens is 1740 g/mol. The minimum atomic E-state index is 0. The van der Waals surface area contributed by atoms with Crippen molar-refractivity contribution in [3.05, 3.63) is 571 Å². The molecule has 0 spiro atoms. The van der Waals surface area contributed by atoms with Crippen LogP contribution in [0.4, 0.5) is 39.8 Å². The summed E-state index contributed by atoms with van der Waals surface area (Å²) in [6.45, 7) is 7.42. The van der Waals surface area contributed by atoms with E-state index in [2.05, 4.69) is 529 Å². The molecule has 0 aliphatic heterocycles. The van der Waals surface area contributed by atoms with Gasteiger partial charge in [0.2, 0.25) is 0 Å². The number of anilines is 6. The zero-order valence-electron chi connectivity index (χ0n) is 77.3. The van der Waals surface area contributed by atoms with Gasteiger partial charge in [0.15, 0.2) is 5.69 Å². The quantitative estimate of drug-likeness (QED) is 0.0618. The molecule has 0 amide bonds. The molecule has 0 unspecified atom stereocenters. The monoisotopic (exact) mass is 1830 g/mol. The molecule has 4 nitrogen and oxygen atoms in total. The Hall–Kier alpha value is -19.8. The number of rotatable bonds is 14. The van der Waals surface area contributed by atoms with Crippen molar-refractivity contribution in [3.63, 3.8) is 0 Å². The molecule has 24 rings (SSSR count).